The molecule has 0 N–H and O–H groups in total. The third-order valence-corrected chi connectivity index (χ3v) is 18.1. The number of hydrogen-bond donors (Lipinski definition) is 0. The van der Waals surface area contributed by atoms with Crippen LogP contribution in [0.5, 0.6) is 0 Å². The Labute approximate surface area is 357 Å². The number of thiophene rings is 1. The smallest absolute Gasteiger partial charge is 0.0543 e. The third-order valence-electron chi connectivity index (χ3n) is 16.9. The topological polar surface area (TPSA) is 3.24 Å². The van der Waals surface area contributed by atoms with Gasteiger partial charge in [-0.2, -0.15) is 0 Å². The van der Waals surface area contributed by atoms with E-state index in [0.29, 0.717) is 0 Å². The molecule has 7 aromatic carbocycles. The van der Waals surface area contributed by atoms with Crippen molar-refractivity contribution in [2.45, 2.75) is 75.0 Å². The summed E-state index contributed by atoms with van der Waals surface area (Å²) in [5, 5.41) is 2.70. The Morgan fingerprint density at radius 2 is 1.10 bits per heavy atom. The van der Waals surface area contributed by atoms with Gasteiger partial charge in [-0.05, 0) is 155 Å². The summed E-state index contributed by atoms with van der Waals surface area (Å²) in [4.78, 5) is 2.63. The van der Waals surface area contributed by atoms with E-state index in [1.165, 1.54) is 140 Å². The SMILES string of the molecule is c1ccc2c(c1)-c1c(N(c3ccc(-c4cccc5c4sc4ccccc45)cc3)c3ccc4c(c3)-c3ccccc3C43C4CC5CC(C4)CC3C5)cccc1C21CCCCC1. The Hall–Kier alpha value is -5.44. The maximum absolute atomic E-state index is 2.63. The van der Waals surface area contributed by atoms with E-state index in [1.807, 2.05) is 11.3 Å². The lowest BCUT2D eigenvalue weighted by molar-refractivity contribution is -0.0399. The molecule has 8 aromatic rings. The van der Waals surface area contributed by atoms with Gasteiger partial charge in [0.1, 0.15) is 0 Å². The lowest BCUT2D eigenvalue weighted by Crippen LogP contribution is -2.55. The molecule has 4 bridgehead atoms. The van der Waals surface area contributed by atoms with Crippen molar-refractivity contribution in [2.24, 2.45) is 23.7 Å². The van der Waals surface area contributed by atoms with Crippen molar-refractivity contribution in [1.29, 1.82) is 0 Å². The van der Waals surface area contributed by atoms with Crippen LogP contribution in [0.15, 0.2) is 152 Å². The van der Waals surface area contributed by atoms with Crippen LogP contribution in [0.25, 0.3) is 53.6 Å². The van der Waals surface area contributed by atoms with E-state index in [0.717, 1.165) is 23.7 Å². The highest BCUT2D eigenvalue weighted by atomic mass is 32.1. The summed E-state index contributed by atoms with van der Waals surface area (Å²) in [5.41, 5.74) is 18.8. The Bertz CT molecular complexity index is 3020. The Morgan fingerprint density at radius 1 is 0.467 bits per heavy atom. The molecular weight excluding hydrogens is 743 g/mol. The lowest BCUT2D eigenvalue weighted by Gasteiger charge is -2.61. The molecule has 5 saturated carbocycles. The Morgan fingerprint density at radius 3 is 1.92 bits per heavy atom. The number of nitrogens with zero attached hydrogens (tertiary/aromatic N) is 1. The normalized spacial score (nSPS) is 24.9. The first-order chi connectivity index (χ1) is 29.7. The van der Waals surface area contributed by atoms with E-state index in [4.69, 9.17) is 0 Å². The molecule has 0 atom stereocenters. The van der Waals surface area contributed by atoms with Gasteiger partial charge in [0.15, 0.2) is 0 Å². The largest absolute Gasteiger partial charge is 0.310 e. The van der Waals surface area contributed by atoms with Crippen LogP contribution < -0.4 is 4.90 Å². The molecule has 1 heterocycles. The summed E-state index contributed by atoms with van der Waals surface area (Å²) in [6.07, 6.45) is 13.5. The highest BCUT2D eigenvalue weighted by Gasteiger charge is 2.61. The van der Waals surface area contributed by atoms with Crippen molar-refractivity contribution in [2.75, 3.05) is 4.90 Å². The minimum Gasteiger partial charge on any atom is -0.310 e. The molecule has 2 heteroatoms. The predicted octanol–water partition coefficient (Wildman–Crippen LogP) is 16.1. The molecule has 1 nitrogen and oxygen atoms in total. The van der Waals surface area contributed by atoms with Crippen molar-refractivity contribution in [1.82, 2.24) is 0 Å². The van der Waals surface area contributed by atoms with Crippen LogP contribution in [-0.4, -0.2) is 0 Å². The van der Waals surface area contributed by atoms with Gasteiger partial charge in [0, 0.05) is 47.9 Å². The highest BCUT2D eigenvalue weighted by Crippen LogP contribution is 2.70. The van der Waals surface area contributed by atoms with Gasteiger partial charge in [-0.25, -0.2) is 0 Å². The summed E-state index contributed by atoms with van der Waals surface area (Å²) in [5.74, 6) is 3.40. The Kier molecular flexibility index (Phi) is 7.18. The van der Waals surface area contributed by atoms with E-state index in [9.17, 15) is 0 Å². The summed E-state index contributed by atoms with van der Waals surface area (Å²) in [6, 6.07) is 59.3. The summed E-state index contributed by atoms with van der Waals surface area (Å²) in [7, 11) is 0. The van der Waals surface area contributed by atoms with Crippen molar-refractivity contribution in [3.63, 3.8) is 0 Å². The Balaban J connectivity index is 0.973. The molecular formula is C58H49NS. The van der Waals surface area contributed by atoms with E-state index in [2.05, 4.69) is 157 Å². The minimum absolute atomic E-state index is 0.0986. The first kappa shape index (κ1) is 34.3. The molecule has 0 amide bonds. The second kappa shape index (κ2) is 12.6. The quantitative estimate of drug-likeness (QED) is 0.172. The van der Waals surface area contributed by atoms with E-state index < -0.39 is 0 Å². The number of rotatable bonds is 4. The third kappa shape index (κ3) is 4.48. The molecule has 0 unspecified atom stereocenters. The second-order valence-corrected chi connectivity index (χ2v) is 20.6. The molecule has 0 radical (unpaired) electrons. The van der Waals surface area contributed by atoms with Crippen LogP contribution in [0, 0.1) is 23.7 Å². The average Bonchev–Trinajstić information content (AvgIpc) is 3.91. The maximum atomic E-state index is 2.63. The van der Waals surface area contributed by atoms with Crippen LogP contribution in [0.2, 0.25) is 0 Å². The van der Waals surface area contributed by atoms with Gasteiger partial charge in [-0.1, -0.05) is 135 Å². The highest BCUT2D eigenvalue weighted by molar-refractivity contribution is 7.26. The second-order valence-electron chi connectivity index (χ2n) is 19.5. The molecule has 0 saturated heterocycles. The van der Waals surface area contributed by atoms with Crippen LogP contribution in [0.3, 0.4) is 0 Å². The first-order valence-corrected chi connectivity index (χ1v) is 23.8. The molecule has 2 spiro atoms. The molecule has 15 rings (SSSR count). The van der Waals surface area contributed by atoms with E-state index in [1.54, 1.807) is 16.7 Å². The van der Waals surface area contributed by atoms with Crippen molar-refractivity contribution in [3.8, 4) is 33.4 Å². The standard InChI is InChI=1S/C58H49NS/c1-8-28-57(29-9-1)49-17-5-3-14-47(49)55-52(57)19-11-20-53(55)59(41-24-22-38(23-25-41)43-15-10-16-46-45-13-4-7-21-54(45)60-56(43)46)42-26-27-51-48(35-42)44-12-2-6-18-50(44)58(51)39-31-36-30-37(33-39)34-40(58)32-36/h2-7,10-27,35-37,39-40H,1,8-9,28-34H2. The number of benzene rings is 7. The van der Waals surface area contributed by atoms with Crippen molar-refractivity contribution < 1.29 is 0 Å². The number of hydrogen-bond acceptors (Lipinski definition) is 2. The predicted molar refractivity (Wildman–Crippen MR) is 252 cm³/mol. The van der Waals surface area contributed by atoms with Crippen LogP contribution in [0.4, 0.5) is 17.1 Å². The fraction of sp³-hybridized carbons (Fsp3) is 0.276. The van der Waals surface area contributed by atoms with Gasteiger partial charge >= 0.3 is 0 Å². The monoisotopic (exact) mass is 791 g/mol. The fourth-order valence-electron chi connectivity index (χ4n) is 14.8. The number of fused-ring (bicyclic) bond motifs is 11. The summed E-state index contributed by atoms with van der Waals surface area (Å²) in [6.45, 7) is 0. The van der Waals surface area contributed by atoms with Gasteiger partial charge in [-0.3, -0.25) is 0 Å². The molecule has 5 fully saturated rings. The van der Waals surface area contributed by atoms with Crippen LogP contribution in [-0.2, 0) is 10.8 Å². The summed E-state index contributed by atoms with van der Waals surface area (Å²) >= 11 is 1.92. The number of anilines is 3. The molecule has 292 valence electrons. The molecule has 1 aromatic heterocycles. The molecule has 7 aliphatic carbocycles. The van der Waals surface area contributed by atoms with Crippen LogP contribution in [0.1, 0.15) is 86.5 Å². The van der Waals surface area contributed by atoms with Gasteiger partial charge < -0.3 is 4.90 Å². The molecule has 0 aliphatic heterocycles. The zero-order valence-corrected chi connectivity index (χ0v) is 35.0. The first-order valence-electron chi connectivity index (χ1n) is 23.0. The fourth-order valence-corrected chi connectivity index (χ4v) is 16.1. The molecule has 7 aliphatic rings. The van der Waals surface area contributed by atoms with Gasteiger partial charge in [0.25, 0.3) is 0 Å². The van der Waals surface area contributed by atoms with Crippen molar-refractivity contribution >= 4 is 48.6 Å². The van der Waals surface area contributed by atoms with Gasteiger partial charge in [-0.15, -0.1) is 11.3 Å². The van der Waals surface area contributed by atoms with E-state index in [-0.39, 0.29) is 10.8 Å². The average molecular weight is 792 g/mol. The van der Waals surface area contributed by atoms with Crippen molar-refractivity contribution in [3.05, 3.63) is 174 Å². The van der Waals surface area contributed by atoms with Crippen LogP contribution >= 0.6 is 11.3 Å². The zero-order valence-electron chi connectivity index (χ0n) is 34.2. The maximum Gasteiger partial charge on any atom is 0.0543 e. The summed E-state index contributed by atoms with van der Waals surface area (Å²) < 4.78 is 2.72. The van der Waals surface area contributed by atoms with E-state index >= 15 is 0 Å². The van der Waals surface area contributed by atoms with Gasteiger partial charge in [0.05, 0.1) is 5.69 Å². The zero-order chi connectivity index (χ0) is 39.2. The molecule has 60 heavy (non-hydrogen) atoms. The minimum atomic E-state index is 0.0986. The van der Waals surface area contributed by atoms with Gasteiger partial charge in [0.2, 0.25) is 0 Å². The lowest BCUT2D eigenvalue weighted by atomic mass is 9.43.